The SMILES string of the molecule is COc1ccc2nc(N(Cc3ccncc3)C(=O)CCCS(=O)(=O)c3ccc(C)cc3)sc2c1. The van der Waals surface area contributed by atoms with E-state index in [-0.39, 0.29) is 29.4 Å². The van der Waals surface area contributed by atoms with Gasteiger partial charge >= 0.3 is 0 Å². The summed E-state index contributed by atoms with van der Waals surface area (Å²) in [6.07, 6.45) is 3.67. The molecule has 0 aliphatic heterocycles. The summed E-state index contributed by atoms with van der Waals surface area (Å²) in [6.45, 7) is 2.23. The number of carbonyl (C=O) groups is 1. The number of thiazole rings is 1. The fourth-order valence-corrected chi connectivity index (χ4v) is 5.80. The molecule has 0 radical (unpaired) electrons. The second-order valence-corrected chi connectivity index (χ2v) is 11.0. The molecule has 0 aliphatic rings. The molecule has 0 bridgehead atoms. The quantitative estimate of drug-likeness (QED) is 0.332. The van der Waals surface area contributed by atoms with Gasteiger partial charge in [0.1, 0.15) is 5.75 Å². The number of methoxy groups -OCH3 is 1. The van der Waals surface area contributed by atoms with Crippen LogP contribution in [0.1, 0.15) is 24.0 Å². The number of ether oxygens (including phenoxy) is 1. The zero-order valence-electron chi connectivity index (χ0n) is 19.0. The lowest BCUT2D eigenvalue weighted by Gasteiger charge is -2.20. The van der Waals surface area contributed by atoms with Gasteiger partial charge in [-0.25, -0.2) is 13.4 Å². The van der Waals surface area contributed by atoms with E-state index >= 15 is 0 Å². The molecule has 7 nitrogen and oxygen atoms in total. The highest BCUT2D eigenvalue weighted by atomic mass is 32.2. The minimum Gasteiger partial charge on any atom is -0.497 e. The zero-order valence-corrected chi connectivity index (χ0v) is 20.6. The summed E-state index contributed by atoms with van der Waals surface area (Å²) in [5.74, 6) is 0.444. The first-order valence-electron chi connectivity index (χ1n) is 10.8. The Kier molecular flexibility index (Phi) is 7.23. The predicted octanol–water partition coefficient (Wildman–Crippen LogP) is 4.80. The highest BCUT2D eigenvalue weighted by Crippen LogP contribution is 2.32. The van der Waals surface area contributed by atoms with Gasteiger partial charge in [-0.2, -0.15) is 0 Å². The van der Waals surface area contributed by atoms with Crippen LogP contribution >= 0.6 is 11.3 Å². The van der Waals surface area contributed by atoms with Crippen LogP contribution in [0, 0.1) is 6.92 Å². The summed E-state index contributed by atoms with van der Waals surface area (Å²) >= 11 is 1.40. The Morgan fingerprint density at radius 2 is 1.79 bits per heavy atom. The Balaban J connectivity index is 1.53. The molecule has 9 heteroatoms. The van der Waals surface area contributed by atoms with Gasteiger partial charge in [-0.15, -0.1) is 0 Å². The largest absolute Gasteiger partial charge is 0.497 e. The minimum atomic E-state index is -3.46. The zero-order chi connectivity index (χ0) is 24.1. The van der Waals surface area contributed by atoms with E-state index in [1.165, 1.54) is 11.3 Å². The molecule has 1 amide bonds. The molecular weight excluding hydrogens is 470 g/mol. The van der Waals surface area contributed by atoms with Crippen molar-refractivity contribution in [2.45, 2.75) is 31.2 Å². The Morgan fingerprint density at radius 3 is 2.50 bits per heavy atom. The van der Waals surface area contributed by atoms with Gasteiger partial charge in [-0.3, -0.25) is 14.7 Å². The Bertz CT molecular complexity index is 1380. The highest BCUT2D eigenvalue weighted by Gasteiger charge is 2.22. The summed E-state index contributed by atoms with van der Waals surface area (Å²) in [7, 11) is -1.85. The molecule has 0 saturated heterocycles. The topological polar surface area (TPSA) is 89.5 Å². The van der Waals surface area contributed by atoms with Gasteiger partial charge in [-0.05, 0) is 61.4 Å². The molecule has 0 N–H and O–H groups in total. The molecule has 0 atom stereocenters. The van der Waals surface area contributed by atoms with Crippen molar-refractivity contribution in [2.24, 2.45) is 0 Å². The van der Waals surface area contributed by atoms with Crippen LogP contribution in [-0.2, 0) is 21.2 Å². The number of hydrogen-bond acceptors (Lipinski definition) is 7. The molecule has 0 unspecified atom stereocenters. The van der Waals surface area contributed by atoms with Gasteiger partial charge < -0.3 is 4.74 Å². The van der Waals surface area contributed by atoms with E-state index in [4.69, 9.17) is 4.74 Å². The Labute approximate surface area is 203 Å². The van der Waals surface area contributed by atoms with Crippen molar-refractivity contribution in [3.63, 3.8) is 0 Å². The van der Waals surface area contributed by atoms with E-state index in [1.807, 2.05) is 37.3 Å². The smallest absolute Gasteiger partial charge is 0.229 e. The molecule has 2 aromatic carbocycles. The van der Waals surface area contributed by atoms with Gasteiger partial charge in [0.25, 0.3) is 0 Å². The number of anilines is 1. The van der Waals surface area contributed by atoms with Crippen molar-refractivity contribution in [1.82, 2.24) is 9.97 Å². The van der Waals surface area contributed by atoms with E-state index in [1.54, 1.807) is 48.7 Å². The highest BCUT2D eigenvalue weighted by molar-refractivity contribution is 7.91. The van der Waals surface area contributed by atoms with Crippen LogP contribution < -0.4 is 9.64 Å². The second kappa shape index (κ2) is 10.3. The molecule has 2 aromatic heterocycles. The maximum absolute atomic E-state index is 13.3. The lowest BCUT2D eigenvalue weighted by Crippen LogP contribution is -2.30. The molecule has 4 rings (SSSR count). The molecule has 0 aliphatic carbocycles. The standard InChI is InChI=1S/C25H25N3O4S2/c1-18-5-8-21(9-6-18)34(30,31)15-3-4-24(29)28(17-19-11-13-26-14-12-19)25-27-22-10-7-20(32-2)16-23(22)33-25/h5-14,16H,3-4,15,17H2,1-2H3. The molecule has 34 heavy (non-hydrogen) atoms. The fraction of sp³-hybridized carbons (Fsp3) is 0.240. The summed E-state index contributed by atoms with van der Waals surface area (Å²) in [4.78, 5) is 23.9. The van der Waals surface area contributed by atoms with Gasteiger partial charge in [0.15, 0.2) is 15.0 Å². The molecule has 0 fully saturated rings. The number of nitrogens with zero attached hydrogens (tertiary/aromatic N) is 3. The summed E-state index contributed by atoms with van der Waals surface area (Å²) in [5.41, 5.74) is 2.68. The molecule has 0 saturated carbocycles. The number of fused-ring (bicyclic) bond motifs is 1. The van der Waals surface area contributed by atoms with Crippen LogP contribution in [0.2, 0.25) is 0 Å². The van der Waals surface area contributed by atoms with Gasteiger partial charge in [0.05, 0.1) is 34.5 Å². The van der Waals surface area contributed by atoms with Crippen LogP contribution in [-0.4, -0.2) is 37.2 Å². The van der Waals surface area contributed by atoms with Crippen molar-refractivity contribution < 1.29 is 17.9 Å². The number of pyridine rings is 1. The predicted molar refractivity (Wildman–Crippen MR) is 134 cm³/mol. The van der Waals surface area contributed by atoms with E-state index in [0.717, 1.165) is 27.1 Å². The molecule has 2 heterocycles. The number of hydrogen-bond donors (Lipinski definition) is 0. The molecular formula is C25H25N3O4S2. The number of amides is 1. The minimum absolute atomic E-state index is 0.0927. The van der Waals surface area contributed by atoms with Gasteiger partial charge in [-0.1, -0.05) is 29.0 Å². The van der Waals surface area contributed by atoms with Crippen LogP contribution in [0.4, 0.5) is 5.13 Å². The van der Waals surface area contributed by atoms with E-state index in [2.05, 4.69) is 9.97 Å². The van der Waals surface area contributed by atoms with E-state index in [0.29, 0.717) is 11.7 Å². The second-order valence-electron chi connectivity index (χ2n) is 7.90. The van der Waals surface area contributed by atoms with E-state index < -0.39 is 9.84 Å². The summed E-state index contributed by atoms with van der Waals surface area (Å²) in [5, 5.41) is 0.562. The molecule has 4 aromatic rings. The number of sulfone groups is 1. The van der Waals surface area contributed by atoms with Crippen LogP contribution in [0.3, 0.4) is 0 Å². The number of rotatable bonds is 9. The van der Waals surface area contributed by atoms with Crippen LogP contribution in [0.15, 0.2) is 71.9 Å². The van der Waals surface area contributed by atoms with E-state index in [9.17, 15) is 13.2 Å². The number of carbonyl (C=O) groups excluding carboxylic acids is 1. The maximum Gasteiger partial charge on any atom is 0.229 e. The normalized spacial score (nSPS) is 11.5. The monoisotopic (exact) mass is 495 g/mol. The van der Waals surface area contributed by atoms with Crippen molar-refractivity contribution in [1.29, 1.82) is 0 Å². The van der Waals surface area contributed by atoms with Crippen molar-refractivity contribution >= 4 is 42.4 Å². The summed E-state index contributed by atoms with van der Waals surface area (Å²) < 4.78 is 31.6. The Hall–Kier alpha value is -3.30. The van der Waals surface area contributed by atoms with Gasteiger partial charge in [0, 0.05) is 18.8 Å². The number of aromatic nitrogens is 2. The lowest BCUT2D eigenvalue weighted by molar-refractivity contribution is -0.118. The molecule has 176 valence electrons. The molecule has 0 spiro atoms. The van der Waals surface area contributed by atoms with Crippen molar-refractivity contribution in [3.8, 4) is 5.75 Å². The maximum atomic E-state index is 13.3. The third-order valence-corrected chi connectivity index (χ3v) is 8.25. The first-order valence-corrected chi connectivity index (χ1v) is 13.3. The van der Waals surface area contributed by atoms with Crippen LogP contribution in [0.5, 0.6) is 5.75 Å². The van der Waals surface area contributed by atoms with Crippen molar-refractivity contribution in [2.75, 3.05) is 17.8 Å². The lowest BCUT2D eigenvalue weighted by atomic mass is 10.2. The number of benzene rings is 2. The number of aryl methyl sites for hydroxylation is 1. The van der Waals surface area contributed by atoms with Crippen molar-refractivity contribution in [3.05, 3.63) is 78.1 Å². The van der Waals surface area contributed by atoms with Crippen LogP contribution in [0.25, 0.3) is 10.2 Å². The average Bonchev–Trinajstić information content (AvgIpc) is 3.26. The van der Waals surface area contributed by atoms with Gasteiger partial charge in [0.2, 0.25) is 5.91 Å². The first kappa shape index (κ1) is 23.8. The fourth-order valence-electron chi connectivity index (χ4n) is 3.48. The first-order chi connectivity index (χ1) is 16.4. The third-order valence-electron chi connectivity index (χ3n) is 5.39. The average molecular weight is 496 g/mol. The summed E-state index contributed by atoms with van der Waals surface area (Å²) in [6, 6.07) is 16.0. The third kappa shape index (κ3) is 5.60. The Morgan fingerprint density at radius 1 is 1.06 bits per heavy atom.